The number of benzene rings is 1. The first-order valence-corrected chi connectivity index (χ1v) is 6.75. The Labute approximate surface area is 113 Å². The zero-order valence-electron chi connectivity index (χ0n) is 10.3. The van der Waals surface area contributed by atoms with Gasteiger partial charge in [-0.1, -0.05) is 0 Å². The number of carbonyl (C=O) groups is 1. The number of aliphatic carboxylic acids is 1. The Morgan fingerprint density at radius 1 is 1.53 bits per heavy atom. The first kappa shape index (κ1) is 13.4. The van der Waals surface area contributed by atoms with Crippen LogP contribution in [0.15, 0.2) is 23.2 Å². The van der Waals surface area contributed by atoms with Gasteiger partial charge in [0.25, 0.3) is 5.69 Å². The van der Waals surface area contributed by atoms with E-state index in [1.807, 2.05) is 0 Å². The number of hydrogen-bond donors (Lipinski definition) is 2. The lowest BCUT2D eigenvalue weighted by Crippen LogP contribution is -2.07. The van der Waals surface area contributed by atoms with E-state index >= 15 is 0 Å². The molecule has 100 valence electrons. The fourth-order valence-electron chi connectivity index (χ4n) is 2.03. The van der Waals surface area contributed by atoms with E-state index in [2.05, 4.69) is 4.98 Å². The van der Waals surface area contributed by atoms with E-state index in [4.69, 9.17) is 5.11 Å². The van der Waals surface area contributed by atoms with Gasteiger partial charge in [-0.25, -0.2) is 0 Å². The number of nitro groups is 1. The number of aromatic amines is 1. The van der Waals surface area contributed by atoms with Crippen LogP contribution in [0.25, 0.3) is 10.9 Å². The first-order chi connectivity index (χ1) is 8.97. The SMILES string of the molecule is CSc1ccc2[nH]cc(C(C)C(=O)O)c2c1[N+](=O)[O-]. The number of hydrogen-bond acceptors (Lipinski definition) is 4. The average Bonchev–Trinajstić information content (AvgIpc) is 2.79. The van der Waals surface area contributed by atoms with Crippen molar-refractivity contribution in [3.63, 3.8) is 0 Å². The Hall–Kier alpha value is -2.02. The van der Waals surface area contributed by atoms with Gasteiger partial charge in [0.2, 0.25) is 0 Å². The number of rotatable bonds is 4. The number of fused-ring (bicyclic) bond motifs is 1. The minimum Gasteiger partial charge on any atom is -0.481 e. The molecule has 7 heteroatoms. The molecule has 1 unspecified atom stereocenters. The summed E-state index contributed by atoms with van der Waals surface area (Å²) in [6.45, 7) is 1.51. The van der Waals surface area contributed by atoms with E-state index in [1.165, 1.54) is 24.9 Å². The summed E-state index contributed by atoms with van der Waals surface area (Å²) in [7, 11) is 0. The van der Waals surface area contributed by atoms with Crippen molar-refractivity contribution in [2.75, 3.05) is 6.26 Å². The molecule has 0 amide bonds. The molecule has 0 aliphatic heterocycles. The summed E-state index contributed by atoms with van der Waals surface area (Å²) in [6.07, 6.45) is 3.28. The second-order valence-corrected chi connectivity index (χ2v) is 4.95. The number of nitrogens with zero attached hydrogens (tertiary/aromatic N) is 1. The Morgan fingerprint density at radius 3 is 2.74 bits per heavy atom. The normalized spacial score (nSPS) is 12.5. The largest absolute Gasteiger partial charge is 0.481 e. The molecule has 2 rings (SSSR count). The topological polar surface area (TPSA) is 96.2 Å². The van der Waals surface area contributed by atoms with Crippen molar-refractivity contribution in [1.29, 1.82) is 0 Å². The van der Waals surface area contributed by atoms with Crippen LogP contribution in [0, 0.1) is 10.1 Å². The number of aromatic nitrogens is 1. The molecule has 0 fully saturated rings. The highest BCUT2D eigenvalue weighted by atomic mass is 32.2. The maximum absolute atomic E-state index is 11.3. The van der Waals surface area contributed by atoms with Crippen molar-refractivity contribution >= 4 is 34.3 Å². The number of carboxylic acid groups (broad SMARTS) is 1. The van der Waals surface area contributed by atoms with Gasteiger partial charge >= 0.3 is 5.97 Å². The zero-order chi connectivity index (χ0) is 14.2. The lowest BCUT2D eigenvalue weighted by atomic mass is 10.00. The van der Waals surface area contributed by atoms with Crippen LogP contribution in [-0.4, -0.2) is 27.2 Å². The summed E-state index contributed by atoms with van der Waals surface area (Å²) >= 11 is 1.27. The highest BCUT2D eigenvalue weighted by molar-refractivity contribution is 7.98. The molecule has 2 aromatic rings. The van der Waals surface area contributed by atoms with Crippen molar-refractivity contribution in [3.8, 4) is 0 Å². The lowest BCUT2D eigenvalue weighted by molar-refractivity contribution is -0.385. The van der Waals surface area contributed by atoms with Gasteiger partial charge in [-0.15, -0.1) is 11.8 Å². The third-order valence-electron chi connectivity index (χ3n) is 3.05. The van der Waals surface area contributed by atoms with E-state index in [9.17, 15) is 14.9 Å². The molecule has 0 saturated carbocycles. The highest BCUT2D eigenvalue weighted by Crippen LogP contribution is 2.39. The van der Waals surface area contributed by atoms with Crippen LogP contribution in [0.4, 0.5) is 5.69 Å². The fraction of sp³-hybridized carbons (Fsp3) is 0.250. The highest BCUT2D eigenvalue weighted by Gasteiger charge is 2.26. The van der Waals surface area contributed by atoms with Crippen LogP contribution < -0.4 is 0 Å². The van der Waals surface area contributed by atoms with Crippen LogP contribution in [0.1, 0.15) is 18.4 Å². The lowest BCUT2D eigenvalue weighted by Gasteiger charge is -2.06. The third-order valence-corrected chi connectivity index (χ3v) is 3.82. The molecule has 0 aliphatic rings. The summed E-state index contributed by atoms with van der Waals surface area (Å²) in [5, 5.41) is 20.7. The summed E-state index contributed by atoms with van der Waals surface area (Å²) in [5.41, 5.74) is 0.979. The van der Waals surface area contributed by atoms with E-state index < -0.39 is 16.8 Å². The molecule has 1 aromatic carbocycles. The van der Waals surface area contributed by atoms with Gasteiger partial charge in [-0.2, -0.15) is 0 Å². The summed E-state index contributed by atoms with van der Waals surface area (Å²) in [6, 6.07) is 3.39. The van der Waals surface area contributed by atoms with Crippen molar-refractivity contribution in [2.45, 2.75) is 17.7 Å². The van der Waals surface area contributed by atoms with Gasteiger partial charge in [0.15, 0.2) is 0 Å². The maximum Gasteiger partial charge on any atom is 0.310 e. The molecule has 1 aromatic heterocycles. The van der Waals surface area contributed by atoms with E-state index in [0.717, 1.165) is 0 Å². The Bertz CT molecular complexity index is 665. The molecule has 6 nitrogen and oxygen atoms in total. The maximum atomic E-state index is 11.3. The van der Waals surface area contributed by atoms with E-state index in [-0.39, 0.29) is 5.69 Å². The molecule has 1 atom stereocenters. The molecule has 0 bridgehead atoms. The van der Waals surface area contributed by atoms with E-state index in [0.29, 0.717) is 21.4 Å². The Kier molecular flexibility index (Phi) is 3.48. The van der Waals surface area contributed by atoms with Gasteiger partial charge in [0.1, 0.15) is 0 Å². The van der Waals surface area contributed by atoms with Crippen molar-refractivity contribution in [1.82, 2.24) is 4.98 Å². The van der Waals surface area contributed by atoms with Gasteiger partial charge in [-0.05, 0) is 30.9 Å². The second-order valence-electron chi connectivity index (χ2n) is 4.10. The molecule has 2 N–H and O–H groups in total. The predicted molar refractivity (Wildman–Crippen MR) is 72.8 cm³/mol. The van der Waals surface area contributed by atoms with E-state index in [1.54, 1.807) is 18.4 Å². The van der Waals surface area contributed by atoms with Crippen LogP contribution >= 0.6 is 11.8 Å². The molecule has 0 radical (unpaired) electrons. The molecular formula is C12H12N2O4S. The first-order valence-electron chi connectivity index (χ1n) is 5.52. The predicted octanol–water partition coefficient (Wildman–Crippen LogP) is 2.99. The number of H-pyrrole nitrogens is 1. The minimum absolute atomic E-state index is 0.0330. The fourth-order valence-corrected chi connectivity index (χ4v) is 2.61. The molecule has 0 aliphatic carbocycles. The number of nitrogens with one attached hydrogen (secondary N) is 1. The zero-order valence-corrected chi connectivity index (χ0v) is 11.2. The van der Waals surface area contributed by atoms with Gasteiger partial charge < -0.3 is 10.1 Å². The Morgan fingerprint density at radius 2 is 2.21 bits per heavy atom. The van der Waals surface area contributed by atoms with Gasteiger partial charge in [-0.3, -0.25) is 14.9 Å². The summed E-state index contributed by atoms with van der Waals surface area (Å²) in [4.78, 5) is 25.3. The average molecular weight is 280 g/mol. The number of nitro benzene ring substituents is 1. The third kappa shape index (κ3) is 2.17. The quantitative estimate of drug-likeness (QED) is 0.510. The number of thioether (sulfide) groups is 1. The molecule has 1 heterocycles. The standard InChI is InChI=1S/C12H12N2O4S/c1-6(12(15)16)7-5-13-8-3-4-9(19-2)11(10(7)8)14(17)18/h3-6,13H,1-2H3,(H,15,16). The summed E-state index contributed by atoms with van der Waals surface area (Å²) < 4.78 is 0. The van der Waals surface area contributed by atoms with Gasteiger partial charge in [0, 0.05) is 6.20 Å². The number of carboxylic acids is 1. The van der Waals surface area contributed by atoms with Gasteiger partial charge in [0.05, 0.1) is 26.6 Å². The molecule has 0 saturated heterocycles. The Balaban J connectivity index is 2.81. The second kappa shape index (κ2) is 4.93. The van der Waals surface area contributed by atoms with Crippen LogP contribution in [0.5, 0.6) is 0 Å². The monoisotopic (exact) mass is 280 g/mol. The van der Waals surface area contributed by atoms with Crippen molar-refractivity contribution in [2.24, 2.45) is 0 Å². The molecule has 0 spiro atoms. The smallest absolute Gasteiger partial charge is 0.310 e. The van der Waals surface area contributed by atoms with Crippen LogP contribution in [-0.2, 0) is 4.79 Å². The van der Waals surface area contributed by atoms with Crippen molar-refractivity contribution < 1.29 is 14.8 Å². The molecular weight excluding hydrogens is 268 g/mol. The van der Waals surface area contributed by atoms with Crippen LogP contribution in [0.3, 0.4) is 0 Å². The van der Waals surface area contributed by atoms with Crippen molar-refractivity contribution in [3.05, 3.63) is 34.0 Å². The minimum atomic E-state index is -1.01. The molecule has 19 heavy (non-hydrogen) atoms. The summed E-state index contributed by atoms with van der Waals surface area (Å²) in [5.74, 6) is -1.81. The van der Waals surface area contributed by atoms with Crippen LogP contribution in [0.2, 0.25) is 0 Å².